The topological polar surface area (TPSA) is 0 Å². The summed E-state index contributed by atoms with van der Waals surface area (Å²) in [5.41, 5.74) is 4.17. The maximum absolute atomic E-state index is 2.48. The Morgan fingerprint density at radius 1 is 1.00 bits per heavy atom. The van der Waals surface area contributed by atoms with E-state index in [2.05, 4.69) is 103 Å². The summed E-state index contributed by atoms with van der Waals surface area (Å²) >= 11 is 2.48. The Morgan fingerprint density at radius 3 is 1.90 bits per heavy atom. The maximum atomic E-state index is 2.48. The third kappa shape index (κ3) is 5.27. The van der Waals surface area contributed by atoms with Crippen molar-refractivity contribution in [3.63, 3.8) is 0 Å². The molecule has 108 valence electrons. The molecule has 21 heavy (non-hydrogen) atoms. The summed E-state index contributed by atoms with van der Waals surface area (Å²) in [6.45, 7) is 4.69. The van der Waals surface area contributed by atoms with Gasteiger partial charge in [0.05, 0.1) is 0 Å². The van der Waals surface area contributed by atoms with Crippen LogP contribution in [0.15, 0.2) is 66.7 Å². The van der Waals surface area contributed by atoms with Crippen LogP contribution in [0.1, 0.15) is 25.0 Å². The zero-order chi connectivity index (χ0) is 15.1. The van der Waals surface area contributed by atoms with Crippen LogP contribution < -0.4 is 0 Å². The maximum Gasteiger partial charge on any atom is 0.225 e. The molecule has 0 saturated heterocycles. The van der Waals surface area contributed by atoms with Gasteiger partial charge in [0.2, 0.25) is 4.86 Å². The average molecular weight is 406 g/mol. The standard InChI is InChI=1S/C18H21BIP/c1-18(2,14-21-19-20)13-17(15-9-5-3-6-10-15)16-11-7-4-8-12-16/h3-13,19,21H,14H2,1-2H3. The number of hydrogen-bond donors (Lipinski definition) is 0. The molecule has 2 aromatic rings. The lowest BCUT2D eigenvalue weighted by Gasteiger charge is -2.22. The lowest BCUT2D eigenvalue weighted by atomic mass is 9.87. The van der Waals surface area contributed by atoms with E-state index in [1.807, 2.05) is 0 Å². The molecule has 2 rings (SSSR count). The van der Waals surface area contributed by atoms with Gasteiger partial charge in [0.1, 0.15) is 0 Å². The van der Waals surface area contributed by atoms with Crippen molar-refractivity contribution in [3.05, 3.63) is 77.9 Å². The highest BCUT2D eigenvalue weighted by atomic mass is 127. The van der Waals surface area contributed by atoms with E-state index in [1.54, 1.807) is 0 Å². The molecular weight excluding hydrogens is 385 g/mol. The van der Waals surface area contributed by atoms with E-state index in [1.165, 1.54) is 27.7 Å². The van der Waals surface area contributed by atoms with Crippen molar-refractivity contribution >= 4 is 41.3 Å². The SMILES string of the molecule is CC(C)(C=C(c1ccccc1)c1ccccc1)CPBI. The molecule has 0 heterocycles. The molecule has 3 heteroatoms. The predicted octanol–water partition coefficient (Wildman–Crippen LogP) is 5.52. The molecule has 1 atom stereocenters. The molecule has 0 fully saturated rings. The zero-order valence-corrected chi connectivity index (χ0v) is 15.8. The Kier molecular flexibility index (Phi) is 6.51. The van der Waals surface area contributed by atoms with Crippen LogP contribution in [0.5, 0.6) is 0 Å². The minimum Gasteiger partial charge on any atom is -0.148 e. The normalized spacial score (nSPS) is 11.6. The first-order chi connectivity index (χ1) is 10.1. The molecule has 0 N–H and O–H groups in total. The fraction of sp³-hybridized carbons (Fsp3) is 0.222. The lowest BCUT2D eigenvalue weighted by Crippen LogP contribution is -2.12. The van der Waals surface area contributed by atoms with Gasteiger partial charge in [-0.3, -0.25) is 0 Å². The highest BCUT2D eigenvalue weighted by Crippen LogP contribution is 2.33. The van der Waals surface area contributed by atoms with Gasteiger partial charge in [-0.2, -0.15) is 0 Å². The van der Waals surface area contributed by atoms with Crippen LogP contribution in [0.25, 0.3) is 5.57 Å². The molecule has 0 amide bonds. The van der Waals surface area contributed by atoms with Crippen molar-refractivity contribution in [2.24, 2.45) is 5.41 Å². The minimum absolute atomic E-state index is 0.227. The van der Waals surface area contributed by atoms with Gasteiger partial charge in [-0.15, -0.1) is 30.8 Å². The average Bonchev–Trinajstić information content (AvgIpc) is 2.52. The predicted molar refractivity (Wildman–Crippen MR) is 108 cm³/mol. The van der Waals surface area contributed by atoms with E-state index in [-0.39, 0.29) is 5.41 Å². The van der Waals surface area contributed by atoms with Gasteiger partial charge in [-0.1, -0.05) is 80.6 Å². The number of allylic oxidation sites excluding steroid dienone is 1. The molecule has 0 aliphatic heterocycles. The van der Waals surface area contributed by atoms with Crippen LogP contribution in [0.3, 0.4) is 0 Å². The van der Waals surface area contributed by atoms with Crippen LogP contribution in [0, 0.1) is 5.41 Å². The smallest absolute Gasteiger partial charge is 0.148 e. The van der Waals surface area contributed by atoms with Crippen molar-refractivity contribution in [3.8, 4) is 0 Å². The second-order valence-corrected chi connectivity index (χ2v) is 9.25. The molecule has 1 unspecified atom stereocenters. The molecule has 0 aliphatic rings. The van der Waals surface area contributed by atoms with Gasteiger partial charge in [0.15, 0.2) is 0 Å². The largest absolute Gasteiger partial charge is 0.225 e. The molecule has 0 spiro atoms. The van der Waals surface area contributed by atoms with Gasteiger partial charge in [-0.25, -0.2) is 0 Å². The van der Waals surface area contributed by atoms with Crippen LogP contribution in [0.2, 0.25) is 0 Å². The first-order valence-electron chi connectivity index (χ1n) is 7.23. The molecule has 0 bridgehead atoms. The van der Waals surface area contributed by atoms with Gasteiger partial charge in [0, 0.05) is 0 Å². The summed E-state index contributed by atoms with van der Waals surface area (Å²) in [5, 5.41) is 0. The molecule has 2 aromatic carbocycles. The van der Waals surface area contributed by atoms with E-state index in [4.69, 9.17) is 0 Å². The fourth-order valence-corrected chi connectivity index (χ4v) is 4.03. The molecule has 0 nitrogen and oxygen atoms in total. The van der Waals surface area contributed by atoms with Crippen molar-refractivity contribution in [1.82, 2.24) is 0 Å². The summed E-state index contributed by atoms with van der Waals surface area (Å²) in [4.78, 5) is 1.25. The van der Waals surface area contributed by atoms with E-state index in [0.29, 0.717) is 0 Å². The molecule has 0 radical (unpaired) electrons. The van der Waals surface area contributed by atoms with E-state index < -0.39 is 0 Å². The number of benzene rings is 2. The van der Waals surface area contributed by atoms with Gasteiger partial charge in [-0.05, 0) is 28.3 Å². The first kappa shape index (κ1) is 16.8. The summed E-state index contributed by atoms with van der Waals surface area (Å²) in [6.07, 6.45) is 3.70. The van der Waals surface area contributed by atoms with Crippen molar-refractivity contribution < 1.29 is 0 Å². The second-order valence-electron chi connectivity index (χ2n) is 5.84. The number of rotatable bonds is 6. The first-order valence-corrected chi connectivity index (χ1v) is 10.2. The van der Waals surface area contributed by atoms with Gasteiger partial charge >= 0.3 is 0 Å². The molecule has 0 aliphatic carbocycles. The van der Waals surface area contributed by atoms with Crippen LogP contribution in [-0.4, -0.2) is 11.0 Å². The highest BCUT2D eigenvalue weighted by molar-refractivity contribution is 14.1. The van der Waals surface area contributed by atoms with E-state index in [9.17, 15) is 0 Å². The molecule has 0 saturated carbocycles. The third-order valence-electron chi connectivity index (χ3n) is 3.38. The van der Waals surface area contributed by atoms with Crippen molar-refractivity contribution in [2.75, 3.05) is 6.16 Å². The zero-order valence-electron chi connectivity index (χ0n) is 12.6. The Morgan fingerprint density at radius 2 is 1.48 bits per heavy atom. The lowest BCUT2D eigenvalue weighted by molar-refractivity contribution is 0.557. The highest BCUT2D eigenvalue weighted by Gasteiger charge is 2.17. The Hall–Kier alpha value is -0.595. The van der Waals surface area contributed by atoms with Gasteiger partial charge in [0.25, 0.3) is 0 Å². The quantitative estimate of drug-likeness (QED) is 0.337. The van der Waals surface area contributed by atoms with Crippen molar-refractivity contribution in [2.45, 2.75) is 13.8 Å². The second kappa shape index (κ2) is 8.15. The van der Waals surface area contributed by atoms with E-state index >= 15 is 0 Å². The van der Waals surface area contributed by atoms with Crippen molar-refractivity contribution in [1.29, 1.82) is 0 Å². The summed E-state index contributed by atoms with van der Waals surface area (Å²) in [7, 11) is 1.02. The van der Waals surface area contributed by atoms with Crippen LogP contribution >= 0.6 is 30.8 Å². The molecular formula is C18H21BIP. The summed E-state index contributed by atoms with van der Waals surface area (Å²) in [5.74, 6) is 0. The number of hydrogen-bond acceptors (Lipinski definition) is 0. The van der Waals surface area contributed by atoms with E-state index in [0.717, 1.165) is 8.46 Å². The minimum atomic E-state index is 0.227. The third-order valence-corrected chi connectivity index (χ3v) is 6.35. The number of halogens is 1. The van der Waals surface area contributed by atoms with Crippen LogP contribution in [-0.2, 0) is 0 Å². The monoisotopic (exact) mass is 406 g/mol. The fourth-order valence-electron chi connectivity index (χ4n) is 2.38. The Bertz CT molecular complexity index is 537. The summed E-state index contributed by atoms with van der Waals surface area (Å²) < 4.78 is 0. The Balaban J connectivity index is 2.42. The summed E-state index contributed by atoms with van der Waals surface area (Å²) in [6, 6.07) is 21.4. The van der Waals surface area contributed by atoms with Crippen LogP contribution in [0.4, 0.5) is 0 Å². The van der Waals surface area contributed by atoms with Gasteiger partial charge < -0.3 is 0 Å². The molecule has 0 aromatic heterocycles. The Labute approximate surface area is 144 Å².